The van der Waals surface area contributed by atoms with E-state index in [-0.39, 0.29) is 11.1 Å². The van der Waals surface area contributed by atoms with Crippen LogP contribution in [0.5, 0.6) is 0 Å². The maximum Gasteiger partial charge on any atom is 0.364 e. The van der Waals surface area contributed by atoms with Crippen LogP contribution in [-0.4, -0.2) is 48.8 Å². The molecule has 0 spiro atoms. The monoisotopic (exact) mass is 305 g/mol. The first-order valence-corrected chi connectivity index (χ1v) is 6.92. The normalized spacial score (nSPS) is 20.0. The van der Waals surface area contributed by atoms with Gasteiger partial charge in [0.1, 0.15) is 0 Å². The van der Waals surface area contributed by atoms with Crippen LogP contribution in [0.15, 0.2) is 24.3 Å². The third-order valence-electron chi connectivity index (χ3n) is 3.99. The van der Waals surface area contributed by atoms with Gasteiger partial charge in [-0.05, 0) is 12.1 Å². The number of carbonyl (C=O) groups is 3. The highest BCUT2D eigenvalue weighted by atomic mass is 16.7. The van der Waals surface area contributed by atoms with E-state index in [0.29, 0.717) is 31.1 Å². The molecular formula is C15H15NO6. The van der Waals surface area contributed by atoms with Gasteiger partial charge in [-0.15, -0.1) is 0 Å². The number of imide groups is 1. The fourth-order valence-corrected chi connectivity index (χ4v) is 2.61. The Morgan fingerprint density at radius 1 is 1.14 bits per heavy atom. The third kappa shape index (κ3) is 2.18. The van der Waals surface area contributed by atoms with Crippen molar-refractivity contribution in [2.75, 3.05) is 20.3 Å². The Balaban J connectivity index is 1.81. The highest BCUT2D eigenvalue weighted by molar-refractivity contribution is 6.20. The van der Waals surface area contributed by atoms with E-state index in [1.807, 2.05) is 0 Å². The van der Waals surface area contributed by atoms with Crippen LogP contribution >= 0.6 is 0 Å². The molecule has 1 aromatic carbocycles. The Morgan fingerprint density at radius 2 is 1.68 bits per heavy atom. The number of ether oxygens (including phenoxy) is 2. The van der Waals surface area contributed by atoms with Crippen LogP contribution in [0, 0.1) is 0 Å². The lowest BCUT2D eigenvalue weighted by Crippen LogP contribution is -2.49. The van der Waals surface area contributed by atoms with Gasteiger partial charge >= 0.3 is 5.97 Å². The average Bonchev–Trinajstić information content (AvgIpc) is 2.81. The first kappa shape index (κ1) is 14.7. The number of hydrogen-bond acceptors (Lipinski definition) is 6. The lowest BCUT2D eigenvalue weighted by Gasteiger charge is -2.33. The smallest absolute Gasteiger partial charge is 0.364 e. The quantitative estimate of drug-likeness (QED) is 0.773. The number of nitrogens with zero attached hydrogens (tertiary/aromatic N) is 1. The molecule has 2 aliphatic rings. The van der Waals surface area contributed by atoms with Crippen molar-refractivity contribution in [1.29, 1.82) is 0 Å². The molecule has 2 heterocycles. The highest BCUT2D eigenvalue weighted by Gasteiger charge is 2.46. The Hall–Kier alpha value is -2.25. The number of hydroxylamine groups is 2. The van der Waals surface area contributed by atoms with Crippen molar-refractivity contribution in [3.8, 4) is 0 Å². The number of carbonyl (C=O) groups excluding carboxylic acids is 3. The van der Waals surface area contributed by atoms with E-state index in [1.165, 1.54) is 19.2 Å². The summed E-state index contributed by atoms with van der Waals surface area (Å²) >= 11 is 0. The molecule has 0 unspecified atom stereocenters. The van der Waals surface area contributed by atoms with Gasteiger partial charge in [-0.2, -0.15) is 0 Å². The van der Waals surface area contributed by atoms with E-state index in [0.717, 1.165) is 0 Å². The molecule has 116 valence electrons. The second kappa shape index (κ2) is 5.51. The van der Waals surface area contributed by atoms with Crippen LogP contribution in [0.3, 0.4) is 0 Å². The second-order valence-corrected chi connectivity index (χ2v) is 5.14. The van der Waals surface area contributed by atoms with Gasteiger partial charge in [0.25, 0.3) is 11.8 Å². The number of hydrogen-bond donors (Lipinski definition) is 0. The summed E-state index contributed by atoms with van der Waals surface area (Å²) in [5, 5.41) is 0.503. The molecule has 1 fully saturated rings. The van der Waals surface area contributed by atoms with Crippen molar-refractivity contribution < 1.29 is 28.7 Å². The van der Waals surface area contributed by atoms with Crippen LogP contribution in [0.25, 0.3) is 0 Å². The highest BCUT2D eigenvalue weighted by Crippen LogP contribution is 2.29. The topological polar surface area (TPSA) is 82.1 Å². The summed E-state index contributed by atoms with van der Waals surface area (Å²) in [5.41, 5.74) is -0.745. The maximum absolute atomic E-state index is 12.4. The molecular weight excluding hydrogens is 290 g/mol. The molecule has 0 radical (unpaired) electrons. The van der Waals surface area contributed by atoms with Crippen molar-refractivity contribution in [2.24, 2.45) is 0 Å². The molecule has 0 saturated carbocycles. The summed E-state index contributed by atoms with van der Waals surface area (Å²) in [4.78, 5) is 41.8. The van der Waals surface area contributed by atoms with Gasteiger partial charge in [0.2, 0.25) is 0 Å². The van der Waals surface area contributed by atoms with Crippen LogP contribution < -0.4 is 0 Å². The fraction of sp³-hybridized carbons (Fsp3) is 0.400. The summed E-state index contributed by atoms with van der Waals surface area (Å²) in [6.45, 7) is 0.704. The van der Waals surface area contributed by atoms with Gasteiger partial charge in [-0.3, -0.25) is 9.59 Å². The van der Waals surface area contributed by atoms with Gasteiger partial charge < -0.3 is 14.3 Å². The van der Waals surface area contributed by atoms with Gasteiger partial charge in [-0.25, -0.2) is 4.79 Å². The number of benzene rings is 1. The van der Waals surface area contributed by atoms with E-state index in [9.17, 15) is 14.4 Å². The van der Waals surface area contributed by atoms with Crippen molar-refractivity contribution >= 4 is 17.8 Å². The molecule has 0 aliphatic carbocycles. The molecule has 0 atom stereocenters. The average molecular weight is 305 g/mol. The first-order chi connectivity index (χ1) is 10.6. The fourth-order valence-electron chi connectivity index (χ4n) is 2.61. The van der Waals surface area contributed by atoms with Gasteiger partial charge in [0, 0.05) is 33.2 Å². The summed E-state index contributed by atoms with van der Waals surface area (Å²) < 4.78 is 10.5. The molecule has 22 heavy (non-hydrogen) atoms. The van der Waals surface area contributed by atoms with E-state index < -0.39 is 23.4 Å². The standard InChI is InChI=1S/C15H15NO6/c1-20-15(6-8-21-9-7-15)14(19)22-16-12(17)10-4-2-3-5-11(10)13(16)18/h2-5H,6-9H2,1H3. The minimum Gasteiger partial charge on any atom is -0.381 e. The molecule has 7 nitrogen and oxygen atoms in total. The van der Waals surface area contributed by atoms with E-state index >= 15 is 0 Å². The number of amides is 2. The van der Waals surface area contributed by atoms with E-state index in [2.05, 4.69) is 0 Å². The maximum atomic E-state index is 12.4. The Labute approximate surface area is 126 Å². The van der Waals surface area contributed by atoms with Crippen LogP contribution in [0.4, 0.5) is 0 Å². The lowest BCUT2D eigenvalue weighted by molar-refractivity contribution is -0.202. The van der Waals surface area contributed by atoms with Gasteiger partial charge in [-0.1, -0.05) is 17.2 Å². The Morgan fingerprint density at radius 3 is 2.18 bits per heavy atom. The SMILES string of the molecule is COC1(C(=O)ON2C(=O)c3ccccc3C2=O)CCOCC1. The number of rotatable bonds is 3. The second-order valence-electron chi connectivity index (χ2n) is 5.14. The molecule has 2 amide bonds. The van der Waals surface area contributed by atoms with Crippen LogP contribution in [-0.2, 0) is 19.1 Å². The zero-order valence-electron chi connectivity index (χ0n) is 12.0. The molecule has 3 rings (SSSR count). The van der Waals surface area contributed by atoms with Crippen molar-refractivity contribution in [3.63, 3.8) is 0 Å². The molecule has 1 saturated heterocycles. The van der Waals surface area contributed by atoms with Crippen LogP contribution in [0.1, 0.15) is 33.6 Å². The van der Waals surface area contributed by atoms with E-state index in [4.69, 9.17) is 14.3 Å². The molecule has 2 aliphatic heterocycles. The summed E-state index contributed by atoms with van der Waals surface area (Å²) in [5.74, 6) is -2.05. The van der Waals surface area contributed by atoms with Crippen molar-refractivity contribution in [3.05, 3.63) is 35.4 Å². The predicted octanol–water partition coefficient (Wildman–Crippen LogP) is 0.936. The lowest BCUT2D eigenvalue weighted by atomic mass is 9.94. The van der Waals surface area contributed by atoms with Crippen LogP contribution in [0.2, 0.25) is 0 Å². The van der Waals surface area contributed by atoms with E-state index in [1.54, 1.807) is 12.1 Å². The zero-order valence-corrected chi connectivity index (χ0v) is 12.0. The first-order valence-electron chi connectivity index (χ1n) is 6.92. The van der Waals surface area contributed by atoms with Gasteiger partial charge in [0.15, 0.2) is 5.60 Å². The number of fused-ring (bicyclic) bond motifs is 1. The molecule has 7 heteroatoms. The minimum absolute atomic E-state index is 0.221. The molecule has 1 aromatic rings. The Kier molecular flexibility index (Phi) is 3.67. The van der Waals surface area contributed by atoms with Crippen molar-refractivity contribution in [2.45, 2.75) is 18.4 Å². The van der Waals surface area contributed by atoms with Gasteiger partial charge in [0.05, 0.1) is 11.1 Å². The summed E-state index contributed by atoms with van der Waals surface area (Å²) in [7, 11) is 1.40. The largest absolute Gasteiger partial charge is 0.381 e. The summed E-state index contributed by atoms with van der Waals surface area (Å²) in [6.07, 6.45) is 0.622. The summed E-state index contributed by atoms with van der Waals surface area (Å²) in [6, 6.07) is 6.32. The molecule has 0 N–H and O–H groups in total. The zero-order chi connectivity index (χ0) is 15.7. The predicted molar refractivity (Wildman–Crippen MR) is 72.8 cm³/mol. The van der Waals surface area contributed by atoms with Crippen molar-refractivity contribution in [1.82, 2.24) is 5.06 Å². The molecule has 0 bridgehead atoms. The third-order valence-corrected chi connectivity index (χ3v) is 3.99. The minimum atomic E-state index is -1.19. The Bertz CT molecular complexity index is 600. The number of methoxy groups -OCH3 is 1. The molecule has 0 aromatic heterocycles.